The van der Waals surface area contributed by atoms with Gasteiger partial charge in [0.2, 0.25) is 0 Å². The second-order valence-corrected chi connectivity index (χ2v) is 8.19. The van der Waals surface area contributed by atoms with Crippen molar-refractivity contribution in [3.8, 4) is 0 Å². The first-order valence-electron chi connectivity index (χ1n) is 9.37. The maximum atomic E-state index is 3.80. The molecule has 0 radical (unpaired) electrons. The number of hydrogen-bond acceptors (Lipinski definition) is 0. The third kappa shape index (κ3) is 2.18. The van der Waals surface area contributed by atoms with Crippen LogP contribution in [0.4, 0.5) is 0 Å². The van der Waals surface area contributed by atoms with Crippen LogP contribution >= 0.6 is 0 Å². The van der Waals surface area contributed by atoms with Gasteiger partial charge in [0.25, 0.3) is 0 Å². The topological polar surface area (TPSA) is 0 Å². The van der Waals surface area contributed by atoms with Crippen LogP contribution < -0.4 is 0 Å². The molecule has 0 aromatic carbocycles. The lowest BCUT2D eigenvalue weighted by Crippen LogP contribution is -2.45. The van der Waals surface area contributed by atoms with E-state index < -0.39 is 0 Å². The highest BCUT2D eigenvalue weighted by atomic mass is 14.6. The van der Waals surface area contributed by atoms with Crippen molar-refractivity contribution in [3.63, 3.8) is 0 Å². The van der Waals surface area contributed by atoms with E-state index in [-0.39, 0.29) is 0 Å². The van der Waals surface area contributed by atoms with Crippen LogP contribution in [0.1, 0.15) is 70.6 Å². The molecule has 0 unspecified atom stereocenters. The van der Waals surface area contributed by atoms with Crippen molar-refractivity contribution >= 4 is 0 Å². The molecule has 0 aliphatic heterocycles. The summed E-state index contributed by atoms with van der Waals surface area (Å²) in [6.07, 6.45) is 20.8. The monoisotopic (exact) mass is 282 g/mol. The molecule has 0 saturated heterocycles. The van der Waals surface area contributed by atoms with Gasteiger partial charge in [-0.3, -0.25) is 0 Å². The Hall–Kier alpha value is -0.740. The van der Waals surface area contributed by atoms with Crippen LogP contribution in [-0.4, -0.2) is 0 Å². The van der Waals surface area contributed by atoms with E-state index in [9.17, 15) is 0 Å². The zero-order valence-corrected chi connectivity index (χ0v) is 13.4. The SMILES string of the molecule is C=C=CC[C@@]12CCC[C@H]1[C@@H]1CCC3=CCCC[C@@H]3[C@H]1CC2. The van der Waals surface area contributed by atoms with Crippen LogP contribution in [0.3, 0.4) is 0 Å². The second-order valence-electron chi connectivity index (χ2n) is 8.19. The van der Waals surface area contributed by atoms with Gasteiger partial charge in [0.05, 0.1) is 0 Å². The molecule has 0 nitrogen and oxygen atoms in total. The highest BCUT2D eigenvalue weighted by molar-refractivity contribution is 5.18. The first kappa shape index (κ1) is 13.9. The van der Waals surface area contributed by atoms with Crippen LogP contribution in [-0.2, 0) is 0 Å². The molecule has 0 N–H and O–H groups in total. The summed E-state index contributed by atoms with van der Waals surface area (Å²) in [6.45, 7) is 3.80. The summed E-state index contributed by atoms with van der Waals surface area (Å²) in [5, 5.41) is 0. The molecule has 0 amide bonds. The third-order valence-electron chi connectivity index (χ3n) is 7.56. The summed E-state index contributed by atoms with van der Waals surface area (Å²) in [5.74, 6) is 4.07. The highest BCUT2D eigenvalue weighted by Gasteiger charge is 2.53. The van der Waals surface area contributed by atoms with Gasteiger partial charge in [0.15, 0.2) is 0 Å². The normalized spacial score (nSPS) is 44.9. The summed E-state index contributed by atoms with van der Waals surface area (Å²) in [5.41, 5.74) is 5.56. The lowest BCUT2D eigenvalue weighted by Gasteiger charge is -2.53. The van der Waals surface area contributed by atoms with Crippen molar-refractivity contribution in [2.45, 2.75) is 70.6 Å². The van der Waals surface area contributed by atoms with E-state index in [4.69, 9.17) is 0 Å². The summed E-state index contributed by atoms with van der Waals surface area (Å²) in [6, 6.07) is 0. The predicted molar refractivity (Wildman–Crippen MR) is 89.0 cm³/mol. The molecular formula is C21H30. The molecule has 0 aromatic rings. The molecule has 3 saturated carbocycles. The summed E-state index contributed by atoms with van der Waals surface area (Å²) < 4.78 is 0. The number of fused-ring (bicyclic) bond motifs is 5. The van der Waals surface area contributed by atoms with Crippen LogP contribution in [0.15, 0.2) is 30.0 Å². The molecule has 21 heavy (non-hydrogen) atoms. The molecular weight excluding hydrogens is 252 g/mol. The second kappa shape index (κ2) is 5.47. The molecule has 3 fully saturated rings. The first-order chi connectivity index (χ1) is 10.3. The smallest absolute Gasteiger partial charge is 0.0172 e. The maximum Gasteiger partial charge on any atom is -0.0172 e. The number of allylic oxidation sites excluding steroid dienone is 3. The third-order valence-corrected chi connectivity index (χ3v) is 7.56. The summed E-state index contributed by atoms with van der Waals surface area (Å²) in [7, 11) is 0. The van der Waals surface area contributed by atoms with Crippen LogP contribution in [0, 0.1) is 29.1 Å². The fourth-order valence-corrected chi connectivity index (χ4v) is 6.73. The molecule has 0 bridgehead atoms. The van der Waals surface area contributed by atoms with E-state index in [2.05, 4.69) is 24.5 Å². The van der Waals surface area contributed by atoms with Gasteiger partial charge in [-0.15, -0.1) is 5.73 Å². The first-order valence-corrected chi connectivity index (χ1v) is 9.37. The minimum Gasteiger partial charge on any atom is -0.133 e. The zero-order chi connectivity index (χ0) is 14.3. The Morgan fingerprint density at radius 3 is 3.00 bits per heavy atom. The molecule has 0 aromatic heterocycles. The molecule has 0 spiro atoms. The fraction of sp³-hybridized carbons (Fsp3) is 0.762. The lowest BCUT2D eigenvalue weighted by atomic mass is 9.51. The number of hydrogen-bond donors (Lipinski definition) is 0. The standard InChI is InChI=1S/C21H30/c1-2-3-13-21-14-6-9-20(21)19-11-10-16-7-4-5-8-17(16)18(19)12-15-21/h3,7,17-20H,1,4-6,8-15H2/t17-,18+,19+,20-,21-/m0/s1. The van der Waals surface area contributed by atoms with Crippen molar-refractivity contribution in [2.24, 2.45) is 29.1 Å². The van der Waals surface area contributed by atoms with Crippen molar-refractivity contribution in [3.05, 3.63) is 30.0 Å². The van der Waals surface area contributed by atoms with E-state index in [1.54, 1.807) is 0 Å². The van der Waals surface area contributed by atoms with E-state index >= 15 is 0 Å². The molecule has 0 heterocycles. The van der Waals surface area contributed by atoms with Crippen molar-refractivity contribution in [1.82, 2.24) is 0 Å². The van der Waals surface area contributed by atoms with Gasteiger partial charge in [-0.2, -0.15) is 0 Å². The Labute approximate surface area is 130 Å². The quantitative estimate of drug-likeness (QED) is 0.427. The molecule has 4 aliphatic carbocycles. The van der Waals surface area contributed by atoms with E-state index in [0.29, 0.717) is 5.41 Å². The van der Waals surface area contributed by atoms with Crippen LogP contribution in [0.5, 0.6) is 0 Å². The van der Waals surface area contributed by atoms with E-state index in [0.717, 1.165) is 23.7 Å². The molecule has 4 aliphatic rings. The van der Waals surface area contributed by atoms with Gasteiger partial charge in [-0.25, -0.2) is 0 Å². The molecule has 4 rings (SSSR count). The van der Waals surface area contributed by atoms with Gasteiger partial charge < -0.3 is 0 Å². The number of rotatable bonds is 2. The molecule has 5 atom stereocenters. The highest BCUT2D eigenvalue weighted by Crippen LogP contribution is 2.63. The van der Waals surface area contributed by atoms with Gasteiger partial charge >= 0.3 is 0 Å². The van der Waals surface area contributed by atoms with Gasteiger partial charge in [0.1, 0.15) is 0 Å². The minimum atomic E-state index is 0.641. The fourth-order valence-electron chi connectivity index (χ4n) is 6.73. The maximum absolute atomic E-state index is 3.80. The van der Waals surface area contributed by atoms with Gasteiger partial charge in [-0.05, 0) is 99.4 Å². The van der Waals surface area contributed by atoms with Crippen LogP contribution in [0.25, 0.3) is 0 Å². The average Bonchev–Trinajstić information content (AvgIpc) is 2.97. The molecule has 0 heteroatoms. The van der Waals surface area contributed by atoms with Crippen molar-refractivity contribution in [1.29, 1.82) is 0 Å². The van der Waals surface area contributed by atoms with Crippen LogP contribution in [0.2, 0.25) is 0 Å². The lowest BCUT2D eigenvalue weighted by molar-refractivity contribution is -0.0101. The van der Waals surface area contributed by atoms with E-state index in [1.807, 2.05) is 5.57 Å². The van der Waals surface area contributed by atoms with E-state index in [1.165, 1.54) is 70.6 Å². The predicted octanol–water partition coefficient (Wildman–Crippen LogP) is 6.05. The zero-order valence-electron chi connectivity index (χ0n) is 13.4. The Bertz CT molecular complexity index is 478. The summed E-state index contributed by atoms with van der Waals surface area (Å²) in [4.78, 5) is 0. The van der Waals surface area contributed by atoms with Crippen molar-refractivity contribution in [2.75, 3.05) is 0 Å². The summed E-state index contributed by atoms with van der Waals surface area (Å²) >= 11 is 0. The Kier molecular flexibility index (Phi) is 3.62. The Balaban J connectivity index is 1.60. The minimum absolute atomic E-state index is 0.641. The van der Waals surface area contributed by atoms with Crippen molar-refractivity contribution < 1.29 is 0 Å². The molecule has 114 valence electrons. The van der Waals surface area contributed by atoms with Gasteiger partial charge in [0, 0.05) is 0 Å². The van der Waals surface area contributed by atoms with Gasteiger partial charge in [-0.1, -0.05) is 24.6 Å². The average molecular weight is 282 g/mol. The largest absolute Gasteiger partial charge is 0.133 e. The Morgan fingerprint density at radius 2 is 2.10 bits per heavy atom. The Morgan fingerprint density at radius 1 is 1.14 bits per heavy atom.